The van der Waals surface area contributed by atoms with Crippen molar-refractivity contribution in [2.75, 3.05) is 10.6 Å². The van der Waals surface area contributed by atoms with Crippen molar-refractivity contribution in [2.45, 2.75) is 51.6 Å². The van der Waals surface area contributed by atoms with E-state index in [9.17, 15) is 0 Å². The smallest absolute Gasteiger partial charge is 0.225 e. The maximum Gasteiger partial charge on any atom is 0.225 e. The highest BCUT2D eigenvalue weighted by Crippen LogP contribution is 2.40. The number of nitrogens with one attached hydrogen (secondary N) is 2. The van der Waals surface area contributed by atoms with Crippen LogP contribution in [0.5, 0.6) is 0 Å². The third-order valence-electron chi connectivity index (χ3n) is 4.15. The minimum absolute atomic E-state index is 0.362. The quantitative estimate of drug-likeness (QED) is 0.763. The molecule has 23 heavy (non-hydrogen) atoms. The van der Waals surface area contributed by atoms with Crippen LogP contribution in [0.2, 0.25) is 5.02 Å². The Kier molecular flexibility index (Phi) is 5.01. The summed E-state index contributed by atoms with van der Waals surface area (Å²) in [5.74, 6) is 2.16. The first-order valence-electron chi connectivity index (χ1n) is 8.28. The third-order valence-corrected chi connectivity index (χ3v) is 4.52. The zero-order valence-electron chi connectivity index (χ0n) is 13.6. The second-order valence-corrected chi connectivity index (χ2v) is 6.58. The molecular formula is C18H23ClN4. The van der Waals surface area contributed by atoms with Crippen LogP contribution in [0, 0.1) is 0 Å². The molecule has 1 saturated carbocycles. The van der Waals surface area contributed by atoms with Crippen LogP contribution in [0.3, 0.4) is 0 Å². The molecule has 122 valence electrons. The molecule has 0 unspecified atom stereocenters. The molecule has 0 radical (unpaired) electrons. The predicted molar refractivity (Wildman–Crippen MR) is 96.2 cm³/mol. The van der Waals surface area contributed by atoms with Gasteiger partial charge in [0.05, 0.1) is 5.69 Å². The van der Waals surface area contributed by atoms with E-state index in [1.165, 1.54) is 12.8 Å². The molecule has 3 rings (SSSR count). The van der Waals surface area contributed by atoms with Gasteiger partial charge >= 0.3 is 0 Å². The maximum absolute atomic E-state index is 6.22. The molecule has 5 heteroatoms. The van der Waals surface area contributed by atoms with Crippen LogP contribution in [0.1, 0.15) is 50.3 Å². The molecule has 0 aliphatic heterocycles. The van der Waals surface area contributed by atoms with Crippen molar-refractivity contribution in [3.63, 3.8) is 0 Å². The first-order valence-corrected chi connectivity index (χ1v) is 8.66. The Labute approximate surface area is 142 Å². The monoisotopic (exact) mass is 330 g/mol. The summed E-state index contributed by atoms with van der Waals surface area (Å²) in [6.07, 6.45) is 3.49. The molecule has 0 bridgehead atoms. The number of aromatic nitrogens is 2. The molecule has 0 amide bonds. The fourth-order valence-electron chi connectivity index (χ4n) is 2.36. The summed E-state index contributed by atoms with van der Waals surface area (Å²) in [4.78, 5) is 9.27. The minimum Gasteiger partial charge on any atom is -0.366 e. The summed E-state index contributed by atoms with van der Waals surface area (Å²) in [6, 6.07) is 10.3. The fraction of sp³-hybridized carbons (Fsp3) is 0.444. The molecule has 0 saturated heterocycles. The Balaban J connectivity index is 1.76. The van der Waals surface area contributed by atoms with E-state index >= 15 is 0 Å². The van der Waals surface area contributed by atoms with E-state index in [1.807, 2.05) is 24.3 Å². The number of rotatable bonds is 7. The maximum atomic E-state index is 6.22. The van der Waals surface area contributed by atoms with Gasteiger partial charge in [0.1, 0.15) is 5.82 Å². The molecule has 1 fully saturated rings. The van der Waals surface area contributed by atoms with E-state index in [0.717, 1.165) is 28.5 Å². The van der Waals surface area contributed by atoms with Gasteiger partial charge in [-0.1, -0.05) is 36.7 Å². The molecule has 1 aliphatic rings. The van der Waals surface area contributed by atoms with Crippen LogP contribution in [-0.4, -0.2) is 16.0 Å². The normalized spacial score (nSPS) is 15.3. The highest BCUT2D eigenvalue weighted by atomic mass is 35.5. The van der Waals surface area contributed by atoms with E-state index in [0.29, 0.717) is 24.5 Å². The number of benzene rings is 1. The Morgan fingerprint density at radius 2 is 2.04 bits per heavy atom. The first kappa shape index (κ1) is 16.1. The standard InChI is InChI=1S/C18H23ClN4/c1-3-12(2)21-18-22-16(13-8-9-13)10-17(23-18)20-11-14-6-4-5-7-15(14)19/h4-7,10,12-13H,3,8-9,11H2,1-2H3,(H2,20,21,22,23)/t12-/m1/s1. The molecule has 0 spiro atoms. The topological polar surface area (TPSA) is 49.8 Å². The van der Waals surface area contributed by atoms with E-state index in [2.05, 4.69) is 40.5 Å². The van der Waals surface area contributed by atoms with Gasteiger partial charge in [0.25, 0.3) is 0 Å². The second kappa shape index (κ2) is 7.18. The van der Waals surface area contributed by atoms with Crippen LogP contribution in [0.25, 0.3) is 0 Å². The first-order chi connectivity index (χ1) is 11.2. The van der Waals surface area contributed by atoms with Crippen LogP contribution in [0.15, 0.2) is 30.3 Å². The average molecular weight is 331 g/mol. The summed E-state index contributed by atoms with van der Waals surface area (Å²) in [5, 5.41) is 7.53. The lowest BCUT2D eigenvalue weighted by atomic mass is 10.2. The average Bonchev–Trinajstić information content (AvgIpc) is 3.39. The highest BCUT2D eigenvalue weighted by Gasteiger charge is 2.26. The SMILES string of the molecule is CC[C@@H](C)Nc1nc(NCc2ccccc2Cl)cc(C2CC2)n1. The molecule has 2 N–H and O–H groups in total. The van der Waals surface area contributed by atoms with Crippen molar-refractivity contribution in [3.8, 4) is 0 Å². The lowest BCUT2D eigenvalue weighted by Crippen LogP contribution is -2.17. The minimum atomic E-state index is 0.362. The van der Waals surface area contributed by atoms with Gasteiger partial charge in [-0.3, -0.25) is 0 Å². The Hall–Kier alpha value is -1.81. The summed E-state index contributed by atoms with van der Waals surface area (Å²) < 4.78 is 0. The summed E-state index contributed by atoms with van der Waals surface area (Å²) in [7, 11) is 0. The molecule has 1 aliphatic carbocycles. The van der Waals surface area contributed by atoms with Gasteiger partial charge < -0.3 is 10.6 Å². The van der Waals surface area contributed by atoms with Crippen molar-refractivity contribution in [3.05, 3.63) is 46.6 Å². The van der Waals surface area contributed by atoms with Crippen LogP contribution >= 0.6 is 11.6 Å². The van der Waals surface area contributed by atoms with Crippen LogP contribution in [0.4, 0.5) is 11.8 Å². The lowest BCUT2D eigenvalue weighted by Gasteiger charge is -2.14. The van der Waals surface area contributed by atoms with E-state index in [4.69, 9.17) is 11.6 Å². The number of hydrogen-bond donors (Lipinski definition) is 2. The van der Waals surface area contributed by atoms with Gasteiger partial charge in [0.15, 0.2) is 0 Å². The largest absolute Gasteiger partial charge is 0.366 e. The molecule has 1 atom stereocenters. The number of anilines is 2. The van der Waals surface area contributed by atoms with E-state index < -0.39 is 0 Å². The van der Waals surface area contributed by atoms with Crippen molar-refractivity contribution >= 4 is 23.4 Å². The summed E-state index contributed by atoms with van der Waals surface area (Å²) >= 11 is 6.22. The Morgan fingerprint density at radius 3 is 2.74 bits per heavy atom. The fourth-order valence-corrected chi connectivity index (χ4v) is 2.56. The molecular weight excluding hydrogens is 308 g/mol. The third kappa shape index (κ3) is 4.35. The van der Waals surface area contributed by atoms with Gasteiger partial charge in [-0.2, -0.15) is 4.98 Å². The highest BCUT2D eigenvalue weighted by molar-refractivity contribution is 6.31. The van der Waals surface area contributed by atoms with Crippen LogP contribution < -0.4 is 10.6 Å². The van der Waals surface area contributed by atoms with Gasteiger partial charge in [0.2, 0.25) is 5.95 Å². The Bertz CT molecular complexity index is 670. The van der Waals surface area contributed by atoms with Gasteiger partial charge in [-0.15, -0.1) is 0 Å². The van der Waals surface area contributed by atoms with Crippen molar-refractivity contribution in [1.82, 2.24) is 9.97 Å². The molecule has 4 nitrogen and oxygen atoms in total. The Morgan fingerprint density at radius 1 is 1.26 bits per heavy atom. The van der Waals surface area contributed by atoms with Crippen LogP contribution in [-0.2, 0) is 6.54 Å². The lowest BCUT2D eigenvalue weighted by molar-refractivity contribution is 0.750. The zero-order chi connectivity index (χ0) is 16.2. The predicted octanol–water partition coefficient (Wildman–Crippen LogP) is 4.83. The molecule has 1 heterocycles. The van der Waals surface area contributed by atoms with Gasteiger partial charge in [-0.25, -0.2) is 4.98 Å². The second-order valence-electron chi connectivity index (χ2n) is 6.17. The molecule has 1 aromatic heterocycles. The zero-order valence-corrected chi connectivity index (χ0v) is 14.4. The molecule has 2 aromatic rings. The van der Waals surface area contributed by atoms with Crippen molar-refractivity contribution in [1.29, 1.82) is 0 Å². The van der Waals surface area contributed by atoms with Gasteiger partial charge in [-0.05, 0) is 37.8 Å². The number of hydrogen-bond acceptors (Lipinski definition) is 4. The number of halogens is 1. The van der Waals surface area contributed by atoms with E-state index in [-0.39, 0.29) is 0 Å². The van der Waals surface area contributed by atoms with E-state index in [1.54, 1.807) is 0 Å². The summed E-state index contributed by atoms with van der Waals surface area (Å²) in [6.45, 7) is 4.95. The van der Waals surface area contributed by atoms with Gasteiger partial charge in [0, 0.05) is 29.6 Å². The van der Waals surface area contributed by atoms with Crippen molar-refractivity contribution < 1.29 is 0 Å². The summed E-state index contributed by atoms with van der Waals surface area (Å²) in [5.41, 5.74) is 2.20. The molecule has 1 aromatic carbocycles. The number of nitrogens with zero attached hydrogens (tertiary/aromatic N) is 2. The van der Waals surface area contributed by atoms with Crippen molar-refractivity contribution in [2.24, 2.45) is 0 Å².